The molecule has 0 radical (unpaired) electrons. The summed E-state index contributed by atoms with van der Waals surface area (Å²) < 4.78 is 1.77. The molecule has 0 saturated heterocycles. The van der Waals surface area contributed by atoms with Gasteiger partial charge in [0.15, 0.2) is 0 Å². The summed E-state index contributed by atoms with van der Waals surface area (Å²) in [4.78, 5) is 36.6. The van der Waals surface area contributed by atoms with Crippen molar-refractivity contribution in [3.63, 3.8) is 0 Å². The lowest BCUT2D eigenvalue weighted by atomic mass is 10.1. The minimum Gasteiger partial charge on any atom is -0.384 e. The molecule has 0 atom stereocenters. The van der Waals surface area contributed by atoms with Gasteiger partial charge in [-0.1, -0.05) is 42.5 Å². The molecule has 25 heavy (non-hydrogen) atoms. The van der Waals surface area contributed by atoms with Crippen LogP contribution in [0.1, 0.15) is 15.9 Å². The number of anilines is 1. The van der Waals surface area contributed by atoms with E-state index in [-0.39, 0.29) is 11.4 Å². The van der Waals surface area contributed by atoms with Crippen LogP contribution in [0.3, 0.4) is 0 Å². The van der Waals surface area contributed by atoms with Crippen molar-refractivity contribution in [2.75, 3.05) is 5.73 Å². The molecule has 0 aliphatic heterocycles. The van der Waals surface area contributed by atoms with Gasteiger partial charge in [0.05, 0.1) is 0 Å². The van der Waals surface area contributed by atoms with E-state index < -0.39 is 22.6 Å². The van der Waals surface area contributed by atoms with Crippen molar-refractivity contribution in [2.24, 2.45) is 14.1 Å². The second-order valence-corrected chi connectivity index (χ2v) is 5.26. The first-order chi connectivity index (χ1) is 11.9. The van der Waals surface area contributed by atoms with Crippen molar-refractivity contribution >= 4 is 17.7 Å². The molecule has 0 fully saturated rings. The highest BCUT2D eigenvalue weighted by Crippen LogP contribution is 2.11. The number of nitriles is 1. The Balaban J connectivity index is 2.47. The van der Waals surface area contributed by atoms with Gasteiger partial charge >= 0.3 is 5.69 Å². The maximum Gasteiger partial charge on any atom is 0.332 e. The molecule has 0 bridgehead atoms. The zero-order valence-electron chi connectivity index (χ0n) is 13.8. The van der Waals surface area contributed by atoms with Crippen molar-refractivity contribution < 1.29 is 4.79 Å². The van der Waals surface area contributed by atoms with Crippen molar-refractivity contribution in [2.45, 2.75) is 0 Å². The number of aromatic nitrogens is 2. The molecule has 0 amide bonds. The molecule has 0 aliphatic carbocycles. The van der Waals surface area contributed by atoms with E-state index >= 15 is 0 Å². The Labute approximate surface area is 143 Å². The molecule has 7 heteroatoms. The van der Waals surface area contributed by atoms with Crippen LogP contribution in [0, 0.1) is 11.3 Å². The van der Waals surface area contributed by atoms with Gasteiger partial charge in [-0.05, 0) is 11.6 Å². The molecule has 2 N–H and O–H groups in total. The summed E-state index contributed by atoms with van der Waals surface area (Å²) >= 11 is 0. The van der Waals surface area contributed by atoms with Gasteiger partial charge in [0, 0.05) is 14.1 Å². The first kappa shape index (κ1) is 17.7. The van der Waals surface area contributed by atoms with Gasteiger partial charge in [0.25, 0.3) is 5.56 Å². The Morgan fingerprint density at radius 1 is 1.16 bits per heavy atom. The third kappa shape index (κ3) is 3.48. The average molecular weight is 336 g/mol. The second kappa shape index (κ2) is 7.27. The molecule has 126 valence electrons. The molecular formula is C18H16N4O3. The molecule has 7 nitrogen and oxygen atoms in total. The normalized spacial score (nSPS) is 11.5. The Morgan fingerprint density at radius 2 is 1.80 bits per heavy atom. The molecule has 0 spiro atoms. The van der Waals surface area contributed by atoms with E-state index in [4.69, 9.17) is 5.73 Å². The maximum absolute atomic E-state index is 12.5. The lowest BCUT2D eigenvalue weighted by molar-refractivity contribution is 0.103. The molecule has 0 saturated carbocycles. The van der Waals surface area contributed by atoms with Crippen LogP contribution in [-0.2, 0) is 14.1 Å². The second-order valence-electron chi connectivity index (χ2n) is 5.26. The highest BCUT2D eigenvalue weighted by Gasteiger charge is 2.22. The smallest absolute Gasteiger partial charge is 0.332 e. The fourth-order valence-electron chi connectivity index (χ4n) is 2.19. The van der Waals surface area contributed by atoms with Crippen LogP contribution in [0.25, 0.3) is 6.08 Å². The van der Waals surface area contributed by atoms with Crippen molar-refractivity contribution in [1.29, 1.82) is 5.26 Å². The number of ketones is 1. The van der Waals surface area contributed by atoms with E-state index in [1.54, 1.807) is 12.1 Å². The number of carbonyl (C=O) groups is 1. The van der Waals surface area contributed by atoms with Crippen LogP contribution in [0.4, 0.5) is 5.82 Å². The number of nitrogens with zero attached hydrogens (tertiary/aromatic N) is 3. The van der Waals surface area contributed by atoms with Crippen LogP contribution in [-0.4, -0.2) is 14.9 Å². The summed E-state index contributed by atoms with van der Waals surface area (Å²) in [5.74, 6) is -1.10. The lowest BCUT2D eigenvalue weighted by Crippen LogP contribution is -2.41. The van der Waals surface area contributed by atoms with Crippen LogP contribution >= 0.6 is 0 Å². The number of benzene rings is 1. The number of Topliss-reactive ketones (excluding diaryl/α,β-unsaturated/α-hetero) is 1. The first-order valence-corrected chi connectivity index (χ1v) is 7.32. The van der Waals surface area contributed by atoms with Gasteiger partial charge in [0.1, 0.15) is 23.0 Å². The van der Waals surface area contributed by atoms with Gasteiger partial charge in [-0.25, -0.2) is 4.79 Å². The molecule has 0 aliphatic rings. The fraction of sp³-hybridized carbons (Fsp3) is 0.111. The monoisotopic (exact) mass is 336 g/mol. The zero-order valence-corrected chi connectivity index (χ0v) is 13.8. The predicted octanol–water partition coefficient (Wildman–Crippen LogP) is 1.01. The van der Waals surface area contributed by atoms with E-state index in [9.17, 15) is 19.6 Å². The molecule has 2 aromatic rings. The number of nitrogens with two attached hydrogens (primary N) is 1. The van der Waals surface area contributed by atoms with Gasteiger partial charge in [0.2, 0.25) is 5.78 Å². The highest BCUT2D eigenvalue weighted by atomic mass is 16.2. The fourth-order valence-corrected chi connectivity index (χ4v) is 2.19. The molecule has 1 aromatic carbocycles. The first-order valence-electron chi connectivity index (χ1n) is 7.32. The zero-order chi connectivity index (χ0) is 18.6. The Hall–Kier alpha value is -3.66. The topological polar surface area (TPSA) is 111 Å². The van der Waals surface area contributed by atoms with Gasteiger partial charge in [-0.15, -0.1) is 0 Å². The number of rotatable bonds is 4. The van der Waals surface area contributed by atoms with E-state index in [1.165, 1.54) is 26.2 Å². The summed E-state index contributed by atoms with van der Waals surface area (Å²) in [6.45, 7) is 0. The van der Waals surface area contributed by atoms with Gasteiger partial charge in [-0.2, -0.15) is 5.26 Å². The van der Waals surface area contributed by atoms with E-state index in [1.807, 2.05) is 30.3 Å². The number of carbonyl (C=O) groups excluding carboxylic acids is 1. The third-order valence-corrected chi connectivity index (χ3v) is 3.65. The standard InChI is InChI=1S/C18H16N4O3/c1-21-16(20)14(17(24)22(2)18(21)25)15(23)13(11-19)10-6-9-12-7-4-3-5-8-12/h3-10H,20H2,1-2H3/b9-6+,13-10+. The summed E-state index contributed by atoms with van der Waals surface area (Å²) in [5.41, 5.74) is 4.50. The summed E-state index contributed by atoms with van der Waals surface area (Å²) in [6, 6.07) is 11.1. The van der Waals surface area contributed by atoms with Crippen LogP contribution in [0.15, 0.2) is 57.6 Å². The Bertz CT molecular complexity index is 1030. The molecule has 2 rings (SSSR count). The highest BCUT2D eigenvalue weighted by molar-refractivity contribution is 6.13. The minimum atomic E-state index is -0.834. The summed E-state index contributed by atoms with van der Waals surface area (Å²) in [6.07, 6.45) is 4.56. The molecular weight excluding hydrogens is 320 g/mol. The SMILES string of the molecule is Cn1c(N)c(C(=O)/C(C#N)=C/C=C/c2ccccc2)c(=O)n(C)c1=O. The number of hydrogen-bond acceptors (Lipinski definition) is 5. The minimum absolute atomic E-state index is 0.255. The van der Waals surface area contributed by atoms with Gasteiger partial charge < -0.3 is 5.73 Å². The maximum atomic E-state index is 12.5. The number of nitrogen functional groups attached to an aromatic ring is 1. The quantitative estimate of drug-likeness (QED) is 0.388. The summed E-state index contributed by atoms with van der Waals surface area (Å²) in [7, 11) is 2.59. The average Bonchev–Trinajstić information content (AvgIpc) is 2.63. The number of allylic oxidation sites excluding steroid dienone is 3. The van der Waals surface area contributed by atoms with Crippen molar-refractivity contribution in [3.8, 4) is 6.07 Å². The predicted molar refractivity (Wildman–Crippen MR) is 94.8 cm³/mol. The van der Waals surface area contributed by atoms with E-state index in [0.717, 1.165) is 14.7 Å². The molecule has 1 aromatic heterocycles. The van der Waals surface area contributed by atoms with Crippen molar-refractivity contribution in [1.82, 2.24) is 9.13 Å². The lowest BCUT2D eigenvalue weighted by Gasteiger charge is -2.10. The Morgan fingerprint density at radius 3 is 2.40 bits per heavy atom. The van der Waals surface area contributed by atoms with E-state index in [0.29, 0.717) is 0 Å². The third-order valence-electron chi connectivity index (χ3n) is 3.65. The Kier molecular flexibility index (Phi) is 5.15. The number of hydrogen-bond donors (Lipinski definition) is 1. The van der Waals surface area contributed by atoms with Gasteiger partial charge in [-0.3, -0.25) is 18.7 Å². The van der Waals surface area contributed by atoms with E-state index in [2.05, 4.69) is 0 Å². The molecule has 1 heterocycles. The van der Waals surface area contributed by atoms with Crippen LogP contribution in [0.5, 0.6) is 0 Å². The van der Waals surface area contributed by atoms with Crippen molar-refractivity contribution in [3.05, 3.63) is 80.0 Å². The van der Waals surface area contributed by atoms with Crippen LogP contribution < -0.4 is 17.0 Å². The largest absolute Gasteiger partial charge is 0.384 e. The van der Waals surface area contributed by atoms with Crippen LogP contribution in [0.2, 0.25) is 0 Å². The molecule has 0 unspecified atom stereocenters. The summed E-state index contributed by atoms with van der Waals surface area (Å²) in [5, 5.41) is 9.24.